The van der Waals surface area contributed by atoms with E-state index in [2.05, 4.69) is 0 Å². The highest BCUT2D eigenvalue weighted by molar-refractivity contribution is 5.77. The molecule has 0 saturated carbocycles. The molecule has 0 fully saturated rings. The molecule has 0 heterocycles. The average molecular weight is 160 g/mol. The van der Waals surface area contributed by atoms with Crippen LogP contribution in [0.4, 0.5) is 0 Å². The van der Waals surface area contributed by atoms with Gasteiger partial charge in [0.15, 0.2) is 11.6 Å². The summed E-state index contributed by atoms with van der Waals surface area (Å²) in [6.45, 7) is 2.92. The molecule has 0 aliphatic rings. The monoisotopic (exact) mass is 160 g/mol. The molecule has 0 atom stereocenters. The fraction of sp³-hybridized carbons (Fsp3) is 0.714. The standard InChI is InChI=1S/C7H12O4/c1-6(8)3-10-5-11-4-7(2)9/h3-5H2,1-2H3. The van der Waals surface area contributed by atoms with Crippen LogP contribution in [0.15, 0.2) is 0 Å². The average Bonchev–Trinajstić information content (AvgIpc) is 1.85. The van der Waals surface area contributed by atoms with Gasteiger partial charge in [0.1, 0.15) is 20.0 Å². The van der Waals surface area contributed by atoms with Crippen LogP contribution in [0.2, 0.25) is 0 Å². The lowest BCUT2D eigenvalue weighted by atomic mass is 10.5. The van der Waals surface area contributed by atoms with E-state index in [0.29, 0.717) is 0 Å². The van der Waals surface area contributed by atoms with Gasteiger partial charge in [-0.1, -0.05) is 0 Å². The second-order valence-electron chi connectivity index (χ2n) is 2.22. The van der Waals surface area contributed by atoms with Crippen molar-refractivity contribution in [3.8, 4) is 0 Å². The van der Waals surface area contributed by atoms with E-state index in [0.717, 1.165) is 0 Å². The summed E-state index contributed by atoms with van der Waals surface area (Å²) in [6.07, 6.45) is 0. The first-order valence-corrected chi connectivity index (χ1v) is 3.27. The third-order valence-corrected chi connectivity index (χ3v) is 0.777. The van der Waals surface area contributed by atoms with Gasteiger partial charge in [0.2, 0.25) is 0 Å². The van der Waals surface area contributed by atoms with Crippen molar-refractivity contribution in [2.75, 3.05) is 20.0 Å². The summed E-state index contributed by atoms with van der Waals surface area (Å²) in [7, 11) is 0. The Labute approximate surface area is 65.5 Å². The fourth-order valence-corrected chi connectivity index (χ4v) is 0.430. The molecule has 4 nitrogen and oxygen atoms in total. The van der Waals surface area contributed by atoms with Crippen LogP contribution in [0.5, 0.6) is 0 Å². The predicted molar refractivity (Wildman–Crippen MR) is 38.1 cm³/mol. The maximum atomic E-state index is 10.3. The van der Waals surface area contributed by atoms with Crippen molar-refractivity contribution in [3.05, 3.63) is 0 Å². The number of hydrogen-bond donors (Lipinski definition) is 0. The van der Waals surface area contributed by atoms with E-state index in [1.165, 1.54) is 13.8 Å². The summed E-state index contributed by atoms with van der Waals surface area (Å²) in [6, 6.07) is 0. The highest BCUT2D eigenvalue weighted by atomic mass is 16.7. The summed E-state index contributed by atoms with van der Waals surface area (Å²) >= 11 is 0. The minimum absolute atomic E-state index is 0.000833. The Hall–Kier alpha value is -0.740. The molecule has 64 valence electrons. The second kappa shape index (κ2) is 6.00. The lowest BCUT2D eigenvalue weighted by molar-refractivity contribution is -0.133. The Kier molecular flexibility index (Phi) is 5.60. The molecule has 0 radical (unpaired) electrons. The van der Waals surface area contributed by atoms with Gasteiger partial charge in [-0.3, -0.25) is 9.59 Å². The quantitative estimate of drug-likeness (QED) is 0.410. The van der Waals surface area contributed by atoms with Crippen LogP contribution < -0.4 is 0 Å². The van der Waals surface area contributed by atoms with Crippen molar-refractivity contribution in [1.82, 2.24) is 0 Å². The summed E-state index contributed by atoms with van der Waals surface area (Å²) < 4.78 is 9.44. The van der Waals surface area contributed by atoms with Gasteiger partial charge in [-0.15, -0.1) is 0 Å². The largest absolute Gasteiger partial charge is 0.348 e. The first kappa shape index (κ1) is 10.3. The molecule has 0 aromatic carbocycles. The Morgan fingerprint density at radius 2 is 1.36 bits per heavy atom. The van der Waals surface area contributed by atoms with Gasteiger partial charge >= 0.3 is 0 Å². The Morgan fingerprint density at radius 3 is 1.64 bits per heavy atom. The van der Waals surface area contributed by atoms with E-state index in [9.17, 15) is 9.59 Å². The zero-order valence-corrected chi connectivity index (χ0v) is 6.75. The molecule has 0 aliphatic carbocycles. The van der Waals surface area contributed by atoms with Crippen molar-refractivity contribution < 1.29 is 19.1 Å². The number of carbonyl (C=O) groups is 2. The number of carbonyl (C=O) groups excluding carboxylic acids is 2. The molecule has 4 heteroatoms. The fourth-order valence-electron chi connectivity index (χ4n) is 0.430. The number of ether oxygens (including phenoxy) is 2. The van der Waals surface area contributed by atoms with Crippen LogP contribution in [-0.4, -0.2) is 31.6 Å². The molecule has 0 unspecified atom stereocenters. The van der Waals surface area contributed by atoms with Gasteiger partial charge in [0.25, 0.3) is 0 Å². The Balaban J connectivity index is 3.03. The lowest BCUT2D eigenvalue weighted by Crippen LogP contribution is -2.10. The molecule has 0 bridgehead atoms. The van der Waals surface area contributed by atoms with Crippen LogP contribution >= 0.6 is 0 Å². The van der Waals surface area contributed by atoms with Crippen molar-refractivity contribution in [1.29, 1.82) is 0 Å². The van der Waals surface area contributed by atoms with Crippen LogP contribution in [0.1, 0.15) is 13.8 Å². The van der Waals surface area contributed by atoms with Crippen LogP contribution in [-0.2, 0) is 19.1 Å². The van der Waals surface area contributed by atoms with E-state index in [-0.39, 0.29) is 31.6 Å². The summed E-state index contributed by atoms with van der Waals surface area (Å²) in [5.74, 6) is -0.118. The molecule has 0 aromatic rings. The molecule has 0 spiro atoms. The topological polar surface area (TPSA) is 52.6 Å². The van der Waals surface area contributed by atoms with Crippen LogP contribution in [0.25, 0.3) is 0 Å². The summed E-state index contributed by atoms with van der Waals surface area (Å²) in [5, 5.41) is 0. The predicted octanol–water partition coefficient (Wildman–Crippen LogP) is 0.155. The number of ketones is 2. The summed E-state index contributed by atoms with van der Waals surface area (Å²) in [5.41, 5.74) is 0. The highest BCUT2D eigenvalue weighted by Crippen LogP contribution is 1.80. The zero-order valence-electron chi connectivity index (χ0n) is 6.75. The van der Waals surface area contributed by atoms with E-state index < -0.39 is 0 Å². The lowest BCUT2D eigenvalue weighted by Gasteiger charge is -2.00. The first-order valence-electron chi connectivity index (χ1n) is 3.27. The van der Waals surface area contributed by atoms with Crippen LogP contribution in [0.3, 0.4) is 0 Å². The van der Waals surface area contributed by atoms with Gasteiger partial charge in [0, 0.05) is 0 Å². The number of hydrogen-bond acceptors (Lipinski definition) is 4. The molecule has 0 saturated heterocycles. The van der Waals surface area contributed by atoms with Crippen molar-refractivity contribution in [3.63, 3.8) is 0 Å². The first-order chi connectivity index (χ1) is 5.13. The zero-order chi connectivity index (χ0) is 8.69. The minimum Gasteiger partial charge on any atom is -0.348 e. The van der Waals surface area contributed by atoms with E-state index in [4.69, 9.17) is 9.47 Å². The molecule has 0 rings (SSSR count). The molecule has 0 aliphatic heterocycles. The Bertz CT molecular complexity index is 125. The normalized spacial score (nSPS) is 9.64. The van der Waals surface area contributed by atoms with Gasteiger partial charge in [-0.25, -0.2) is 0 Å². The van der Waals surface area contributed by atoms with Gasteiger partial charge < -0.3 is 9.47 Å². The van der Waals surface area contributed by atoms with E-state index >= 15 is 0 Å². The van der Waals surface area contributed by atoms with E-state index in [1.54, 1.807) is 0 Å². The van der Waals surface area contributed by atoms with Gasteiger partial charge in [-0.2, -0.15) is 0 Å². The van der Waals surface area contributed by atoms with E-state index in [1.807, 2.05) is 0 Å². The van der Waals surface area contributed by atoms with Crippen molar-refractivity contribution in [2.24, 2.45) is 0 Å². The third-order valence-electron chi connectivity index (χ3n) is 0.777. The van der Waals surface area contributed by atoms with Crippen LogP contribution in [0, 0.1) is 0 Å². The Morgan fingerprint density at radius 1 is 1.00 bits per heavy atom. The molecule has 0 N–H and O–H groups in total. The summed E-state index contributed by atoms with van der Waals surface area (Å²) in [4.78, 5) is 20.6. The molecule has 11 heavy (non-hydrogen) atoms. The number of Topliss-reactive ketones (excluding diaryl/α,β-unsaturated/α-hetero) is 2. The maximum Gasteiger partial charge on any atom is 0.155 e. The molecule has 0 amide bonds. The highest BCUT2D eigenvalue weighted by Gasteiger charge is 1.94. The second-order valence-corrected chi connectivity index (χ2v) is 2.22. The molecule has 0 aromatic heterocycles. The van der Waals surface area contributed by atoms with Gasteiger partial charge in [-0.05, 0) is 13.8 Å². The minimum atomic E-state index is -0.0589. The molecular weight excluding hydrogens is 148 g/mol. The third kappa shape index (κ3) is 9.26. The van der Waals surface area contributed by atoms with Crippen molar-refractivity contribution in [2.45, 2.75) is 13.8 Å². The van der Waals surface area contributed by atoms with Crippen molar-refractivity contribution >= 4 is 11.6 Å². The molecular formula is C7H12O4. The van der Waals surface area contributed by atoms with Gasteiger partial charge in [0.05, 0.1) is 0 Å². The smallest absolute Gasteiger partial charge is 0.155 e. The SMILES string of the molecule is CC(=O)COCOCC(C)=O. The number of rotatable bonds is 6. The maximum absolute atomic E-state index is 10.3.